The van der Waals surface area contributed by atoms with E-state index < -0.39 is 0 Å². The number of hydrogen-bond acceptors (Lipinski definition) is 3. The second kappa shape index (κ2) is 3.70. The van der Waals surface area contributed by atoms with Crippen molar-refractivity contribution in [1.82, 2.24) is 5.32 Å². The van der Waals surface area contributed by atoms with E-state index in [4.69, 9.17) is 10.00 Å². The molecule has 1 saturated heterocycles. The summed E-state index contributed by atoms with van der Waals surface area (Å²) in [7, 11) is 0. The Morgan fingerprint density at radius 3 is 3.00 bits per heavy atom. The van der Waals surface area contributed by atoms with Crippen LogP contribution in [-0.4, -0.2) is 25.3 Å². The highest BCUT2D eigenvalue weighted by Gasteiger charge is 2.33. The number of rotatable bonds is 3. The average Bonchev–Trinajstić information content (AvgIpc) is 2.50. The molecule has 11 heavy (non-hydrogen) atoms. The van der Waals surface area contributed by atoms with Crippen LogP contribution >= 0.6 is 0 Å². The summed E-state index contributed by atoms with van der Waals surface area (Å²) in [6.07, 6.45) is 1.88. The van der Waals surface area contributed by atoms with Gasteiger partial charge in [0.25, 0.3) is 0 Å². The van der Waals surface area contributed by atoms with Gasteiger partial charge in [-0.05, 0) is 13.0 Å². The molecule has 0 aliphatic carbocycles. The van der Waals surface area contributed by atoms with Crippen molar-refractivity contribution in [3.63, 3.8) is 0 Å². The predicted octanol–water partition coefficient (Wildman–Crippen LogP) is 0.669. The third-order valence-corrected chi connectivity index (χ3v) is 1.95. The van der Waals surface area contributed by atoms with E-state index >= 15 is 0 Å². The van der Waals surface area contributed by atoms with Gasteiger partial charge in [0.05, 0.1) is 12.7 Å². The molecule has 0 saturated carbocycles. The van der Waals surface area contributed by atoms with Crippen molar-refractivity contribution in [1.29, 1.82) is 5.26 Å². The first-order valence-electron chi connectivity index (χ1n) is 4.07. The zero-order chi connectivity index (χ0) is 8.16. The minimum atomic E-state index is -0.379. The minimum absolute atomic E-state index is 0.379. The highest BCUT2D eigenvalue weighted by atomic mass is 16.5. The Bertz CT molecular complexity index is 156. The fourth-order valence-corrected chi connectivity index (χ4v) is 1.20. The highest BCUT2D eigenvalue weighted by molar-refractivity contribution is 5.09. The van der Waals surface area contributed by atoms with E-state index in [2.05, 4.69) is 18.3 Å². The van der Waals surface area contributed by atoms with Crippen LogP contribution in [0.3, 0.4) is 0 Å². The number of ether oxygens (including phenoxy) is 1. The number of nitriles is 1. The van der Waals surface area contributed by atoms with Gasteiger partial charge in [0.1, 0.15) is 5.54 Å². The van der Waals surface area contributed by atoms with Crippen LogP contribution in [-0.2, 0) is 4.74 Å². The maximum absolute atomic E-state index is 8.85. The van der Waals surface area contributed by atoms with Gasteiger partial charge in [-0.2, -0.15) is 5.26 Å². The van der Waals surface area contributed by atoms with Gasteiger partial charge < -0.3 is 4.74 Å². The third kappa shape index (κ3) is 1.92. The van der Waals surface area contributed by atoms with E-state index in [0.717, 1.165) is 19.4 Å². The van der Waals surface area contributed by atoms with Gasteiger partial charge in [-0.1, -0.05) is 6.92 Å². The lowest BCUT2D eigenvalue weighted by Crippen LogP contribution is -2.44. The average molecular weight is 154 g/mol. The van der Waals surface area contributed by atoms with E-state index in [0.29, 0.717) is 13.2 Å². The molecule has 1 unspecified atom stereocenters. The molecule has 0 radical (unpaired) electrons. The van der Waals surface area contributed by atoms with E-state index in [1.165, 1.54) is 0 Å². The van der Waals surface area contributed by atoms with E-state index in [-0.39, 0.29) is 5.54 Å². The third-order valence-electron chi connectivity index (χ3n) is 1.95. The van der Waals surface area contributed by atoms with Crippen molar-refractivity contribution in [3.05, 3.63) is 0 Å². The Morgan fingerprint density at radius 1 is 1.73 bits per heavy atom. The monoisotopic (exact) mass is 154 g/mol. The quantitative estimate of drug-likeness (QED) is 0.649. The summed E-state index contributed by atoms with van der Waals surface area (Å²) >= 11 is 0. The molecular weight excluding hydrogens is 140 g/mol. The highest BCUT2D eigenvalue weighted by Crippen LogP contribution is 2.16. The number of nitrogens with zero attached hydrogens (tertiary/aromatic N) is 1. The minimum Gasteiger partial charge on any atom is -0.378 e. The van der Waals surface area contributed by atoms with E-state index in [1.807, 2.05) is 0 Å². The summed E-state index contributed by atoms with van der Waals surface area (Å²) in [4.78, 5) is 0. The summed E-state index contributed by atoms with van der Waals surface area (Å²) in [6.45, 7) is 4.25. The number of hydrogen-bond donors (Lipinski definition) is 1. The molecule has 0 spiro atoms. The van der Waals surface area contributed by atoms with Gasteiger partial charge in [0.15, 0.2) is 0 Å². The summed E-state index contributed by atoms with van der Waals surface area (Å²) in [5.41, 5.74) is -0.379. The molecule has 62 valence electrons. The molecule has 0 amide bonds. The van der Waals surface area contributed by atoms with Crippen LogP contribution in [0.5, 0.6) is 0 Å². The molecule has 1 aliphatic heterocycles. The van der Waals surface area contributed by atoms with Crippen LogP contribution in [0.1, 0.15) is 19.8 Å². The molecule has 0 bridgehead atoms. The van der Waals surface area contributed by atoms with Gasteiger partial charge in [-0.3, -0.25) is 5.32 Å². The molecule has 3 nitrogen and oxygen atoms in total. The Hall–Kier alpha value is -0.590. The molecule has 0 aromatic carbocycles. The molecule has 1 rings (SSSR count). The van der Waals surface area contributed by atoms with E-state index in [1.54, 1.807) is 0 Å². The second-order valence-electron chi connectivity index (χ2n) is 2.92. The Morgan fingerprint density at radius 2 is 2.55 bits per heavy atom. The molecule has 1 fully saturated rings. The zero-order valence-electron chi connectivity index (χ0n) is 6.89. The summed E-state index contributed by atoms with van der Waals surface area (Å²) in [5, 5.41) is 12.1. The molecule has 0 aromatic heterocycles. The van der Waals surface area contributed by atoms with Crippen molar-refractivity contribution in [2.24, 2.45) is 0 Å². The van der Waals surface area contributed by atoms with Crippen molar-refractivity contribution in [3.8, 4) is 6.07 Å². The molecule has 0 aromatic rings. The Kier molecular flexibility index (Phi) is 2.86. The standard InChI is InChI=1S/C8H14N2O/c1-2-4-10-8(6-9)3-5-11-7-8/h10H,2-5,7H2,1H3. The fourth-order valence-electron chi connectivity index (χ4n) is 1.20. The summed E-state index contributed by atoms with van der Waals surface area (Å²) < 4.78 is 5.16. The van der Waals surface area contributed by atoms with Crippen molar-refractivity contribution in [2.45, 2.75) is 25.3 Å². The molecule has 1 aliphatic rings. The van der Waals surface area contributed by atoms with E-state index in [9.17, 15) is 0 Å². The second-order valence-corrected chi connectivity index (χ2v) is 2.92. The van der Waals surface area contributed by atoms with Gasteiger partial charge in [0.2, 0.25) is 0 Å². The Balaban J connectivity index is 2.41. The molecular formula is C8H14N2O. The SMILES string of the molecule is CCCNC1(C#N)CCOC1. The molecule has 1 N–H and O–H groups in total. The van der Waals surface area contributed by atoms with Crippen LogP contribution in [0.4, 0.5) is 0 Å². The lowest BCUT2D eigenvalue weighted by atomic mass is 10.0. The smallest absolute Gasteiger partial charge is 0.132 e. The van der Waals surface area contributed by atoms with Gasteiger partial charge in [-0.15, -0.1) is 0 Å². The normalized spacial score (nSPS) is 30.2. The van der Waals surface area contributed by atoms with Crippen molar-refractivity contribution in [2.75, 3.05) is 19.8 Å². The molecule has 1 heterocycles. The van der Waals surface area contributed by atoms with Crippen LogP contribution in [0.2, 0.25) is 0 Å². The van der Waals surface area contributed by atoms with Crippen LogP contribution in [0.15, 0.2) is 0 Å². The zero-order valence-corrected chi connectivity index (χ0v) is 6.89. The number of nitrogens with one attached hydrogen (secondary N) is 1. The van der Waals surface area contributed by atoms with Crippen LogP contribution < -0.4 is 5.32 Å². The first kappa shape index (κ1) is 8.51. The first-order chi connectivity index (χ1) is 5.33. The fraction of sp³-hybridized carbons (Fsp3) is 0.875. The van der Waals surface area contributed by atoms with Gasteiger partial charge in [0, 0.05) is 13.0 Å². The maximum Gasteiger partial charge on any atom is 0.132 e. The summed E-state index contributed by atoms with van der Waals surface area (Å²) in [6, 6.07) is 2.28. The molecule has 3 heteroatoms. The van der Waals surface area contributed by atoms with Crippen molar-refractivity contribution >= 4 is 0 Å². The summed E-state index contributed by atoms with van der Waals surface area (Å²) in [5.74, 6) is 0. The first-order valence-corrected chi connectivity index (χ1v) is 4.07. The Labute approximate surface area is 67.3 Å². The van der Waals surface area contributed by atoms with Crippen molar-refractivity contribution < 1.29 is 4.74 Å². The van der Waals surface area contributed by atoms with Crippen LogP contribution in [0, 0.1) is 11.3 Å². The lowest BCUT2D eigenvalue weighted by Gasteiger charge is -2.19. The topological polar surface area (TPSA) is 45.0 Å². The van der Waals surface area contributed by atoms with Gasteiger partial charge in [-0.25, -0.2) is 0 Å². The largest absolute Gasteiger partial charge is 0.378 e. The molecule has 1 atom stereocenters. The van der Waals surface area contributed by atoms with Gasteiger partial charge >= 0.3 is 0 Å². The maximum atomic E-state index is 8.85. The van der Waals surface area contributed by atoms with Crippen LogP contribution in [0.25, 0.3) is 0 Å². The lowest BCUT2D eigenvalue weighted by molar-refractivity contribution is 0.180. The predicted molar refractivity (Wildman–Crippen MR) is 42.1 cm³/mol.